The molecular weight excluding hydrogens is 250 g/mol. The van der Waals surface area contributed by atoms with Crippen LogP contribution in [0.5, 0.6) is 0 Å². The first-order chi connectivity index (χ1) is 9.74. The van der Waals surface area contributed by atoms with Gasteiger partial charge in [0, 0.05) is 24.4 Å². The number of unbranched alkanes of at least 4 members (excludes halogenated alkanes) is 5. The van der Waals surface area contributed by atoms with E-state index >= 15 is 0 Å². The average molecular weight is 275 g/mol. The minimum Gasteiger partial charge on any atom is -0.273 e. The molecule has 0 unspecified atom stereocenters. The number of hydrogen-bond donors (Lipinski definition) is 1. The van der Waals surface area contributed by atoms with Crippen LogP contribution in [0.3, 0.4) is 0 Å². The van der Waals surface area contributed by atoms with Crippen molar-refractivity contribution in [3.8, 4) is 0 Å². The zero-order valence-corrected chi connectivity index (χ0v) is 12.6. The summed E-state index contributed by atoms with van der Waals surface area (Å²) >= 11 is 0. The van der Waals surface area contributed by atoms with E-state index in [-0.39, 0.29) is 5.91 Å². The van der Waals surface area contributed by atoms with E-state index in [4.69, 9.17) is 0 Å². The lowest BCUT2D eigenvalue weighted by Crippen LogP contribution is -2.18. The Hall–Kier alpha value is -1.71. The van der Waals surface area contributed by atoms with Crippen molar-refractivity contribution in [3.05, 3.63) is 30.1 Å². The van der Waals surface area contributed by atoms with Gasteiger partial charge in [0.2, 0.25) is 5.91 Å². The molecule has 0 spiro atoms. The highest BCUT2D eigenvalue weighted by molar-refractivity contribution is 5.99. The Morgan fingerprint density at radius 1 is 1.15 bits per heavy atom. The molecule has 0 aliphatic carbocycles. The number of hydrazone groups is 1. The van der Waals surface area contributed by atoms with Crippen LogP contribution in [0, 0.1) is 0 Å². The number of pyridine rings is 1. The van der Waals surface area contributed by atoms with Crippen molar-refractivity contribution < 1.29 is 4.79 Å². The standard InChI is InChI=1S/C16H25N3O/c1-3-4-5-6-7-8-9-16(20)19-18-14(2)15-10-12-17-13-11-15/h10-13H,3-9H2,1-2H3,(H,19,20). The normalized spacial score (nSPS) is 11.4. The number of aromatic nitrogens is 1. The molecule has 1 amide bonds. The summed E-state index contributed by atoms with van der Waals surface area (Å²) in [4.78, 5) is 15.6. The van der Waals surface area contributed by atoms with E-state index in [2.05, 4.69) is 22.4 Å². The number of nitrogens with zero attached hydrogens (tertiary/aromatic N) is 2. The first-order valence-corrected chi connectivity index (χ1v) is 7.47. The minimum absolute atomic E-state index is 0.00565. The van der Waals surface area contributed by atoms with Crippen LogP contribution in [0.25, 0.3) is 0 Å². The van der Waals surface area contributed by atoms with E-state index in [1.165, 1.54) is 25.7 Å². The van der Waals surface area contributed by atoms with Crippen LogP contribution >= 0.6 is 0 Å². The second kappa shape index (κ2) is 10.1. The smallest absolute Gasteiger partial charge is 0.240 e. The summed E-state index contributed by atoms with van der Waals surface area (Å²) in [6.07, 6.45) is 11.1. The van der Waals surface area contributed by atoms with Crippen molar-refractivity contribution in [3.63, 3.8) is 0 Å². The molecule has 1 heterocycles. The van der Waals surface area contributed by atoms with Crippen molar-refractivity contribution in [1.29, 1.82) is 0 Å². The second-order valence-corrected chi connectivity index (χ2v) is 4.99. The fourth-order valence-electron chi connectivity index (χ4n) is 1.93. The largest absolute Gasteiger partial charge is 0.273 e. The molecule has 0 aliphatic heterocycles. The number of carbonyl (C=O) groups excluding carboxylic acids is 1. The van der Waals surface area contributed by atoms with Gasteiger partial charge in [0.1, 0.15) is 0 Å². The zero-order valence-electron chi connectivity index (χ0n) is 12.6. The molecule has 0 saturated carbocycles. The van der Waals surface area contributed by atoms with Gasteiger partial charge < -0.3 is 0 Å². The lowest BCUT2D eigenvalue weighted by Gasteiger charge is -2.03. The highest BCUT2D eigenvalue weighted by Crippen LogP contribution is 2.06. The fourth-order valence-corrected chi connectivity index (χ4v) is 1.93. The monoisotopic (exact) mass is 275 g/mol. The van der Waals surface area contributed by atoms with Gasteiger partial charge in [-0.25, -0.2) is 5.43 Å². The molecule has 0 radical (unpaired) electrons. The van der Waals surface area contributed by atoms with E-state index < -0.39 is 0 Å². The molecule has 0 aliphatic rings. The first kappa shape index (κ1) is 16.3. The average Bonchev–Trinajstić information content (AvgIpc) is 2.49. The number of amides is 1. The predicted molar refractivity (Wildman–Crippen MR) is 82.6 cm³/mol. The van der Waals surface area contributed by atoms with Crippen LogP contribution in [-0.2, 0) is 4.79 Å². The summed E-state index contributed by atoms with van der Waals surface area (Å²) in [5.41, 5.74) is 4.38. The van der Waals surface area contributed by atoms with E-state index in [0.717, 1.165) is 24.1 Å². The van der Waals surface area contributed by atoms with Gasteiger partial charge in [-0.15, -0.1) is 0 Å². The molecule has 0 atom stereocenters. The number of hydrogen-bond acceptors (Lipinski definition) is 3. The third-order valence-electron chi connectivity index (χ3n) is 3.20. The molecule has 1 aromatic rings. The van der Waals surface area contributed by atoms with Crippen LogP contribution < -0.4 is 5.43 Å². The number of carbonyl (C=O) groups is 1. The van der Waals surface area contributed by atoms with Crippen molar-refractivity contribution >= 4 is 11.6 Å². The van der Waals surface area contributed by atoms with Gasteiger partial charge in [-0.05, 0) is 25.5 Å². The molecule has 1 rings (SSSR count). The summed E-state index contributed by atoms with van der Waals surface area (Å²) in [5.74, 6) is -0.00565. The number of rotatable bonds is 9. The molecule has 0 fully saturated rings. The van der Waals surface area contributed by atoms with E-state index in [1.807, 2.05) is 19.1 Å². The van der Waals surface area contributed by atoms with Crippen molar-refractivity contribution in [2.45, 2.75) is 58.8 Å². The topological polar surface area (TPSA) is 54.4 Å². The molecule has 20 heavy (non-hydrogen) atoms. The van der Waals surface area contributed by atoms with Crippen molar-refractivity contribution in [2.24, 2.45) is 5.10 Å². The van der Waals surface area contributed by atoms with Crippen molar-refractivity contribution in [1.82, 2.24) is 10.4 Å². The highest BCUT2D eigenvalue weighted by Gasteiger charge is 2.01. The van der Waals surface area contributed by atoms with E-state index in [1.54, 1.807) is 12.4 Å². The summed E-state index contributed by atoms with van der Waals surface area (Å²) in [6, 6.07) is 3.75. The molecule has 4 nitrogen and oxygen atoms in total. The molecule has 1 aromatic heterocycles. The first-order valence-electron chi connectivity index (χ1n) is 7.47. The summed E-state index contributed by atoms with van der Waals surface area (Å²) < 4.78 is 0. The van der Waals surface area contributed by atoms with Gasteiger partial charge in [0.05, 0.1) is 5.71 Å². The van der Waals surface area contributed by atoms with Gasteiger partial charge in [-0.3, -0.25) is 9.78 Å². The summed E-state index contributed by atoms with van der Waals surface area (Å²) in [5, 5.41) is 4.11. The van der Waals surface area contributed by atoms with Gasteiger partial charge in [-0.1, -0.05) is 39.0 Å². The maximum atomic E-state index is 11.6. The second-order valence-electron chi connectivity index (χ2n) is 4.99. The van der Waals surface area contributed by atoms with Crippen LogP contribution in [0.15, 0.2) is 29.6 Å². The fraction of sp³-hybridized carbons (Fsp3) is 0.562. The summed E-state index contributed by atoms with van der Waals surface area (Å²) in [7, 11) is 0. The summed E-state index contributed by atoms with van der Waals surface area (Å²) in [6.45, 7) is 4.08. The number of nitrogens with one attached hydrogen (secondary N) is 1. The molecular formula is C16H25N3O. The Balaban J connectivity index is 2.19. The van der Waals surface area contributed by atoms with Gasteiger partial charge in [-0.2, -0.15) is 5.10 Å². The predicted octanol–water partition coefficient (Wildman–Crippen LogP) is 3.67. The Kier molecular flexibility index (Phi) is 8.27. The zero-order chi connectivity index (χ0) is 14.6. The third kappa shape index (κ3) is 7.02. The lowest BCUT2D eigenvalue weighted by atomic mass is 10.1. The molecule has 0 aromatic carbocycles. The van der Waals surface area contributed by atoms with Crippen LogP contribution in [0.2, 0.25) is 0 Å². The van der Waals surface area contributed by atoms with Crippen LogP contribution in [-0.4, -0.2) is 16.6 Å². The van der Waals surface area contributed by atoms with E-state index in [9.17, 15) is 4.79 Å². The Morgan fingerprint density at radius 2 is 1.80 bits per heavy atom. The van der Waals surface area contributed by atoms with E-state index in [0.29, 0.717) is 6.42 Å². The quantitative estimate of drug-likeness (QED) is 0.424. The molecule has 0 saturated heterocycles. The maximum absolute atomic E-state index is 11.6. The SMILES string of the molecule is CCCCCCCCC(=O)NN=C(C)c1ccncc1. The maximum Gasteiger partial charge on any atom is 0.240 e. The molecule has 0 bridgehead atoms. The van der Waals surface area contributed by atoms with Gasteiger partial charge >= 0.3 is 0 Å². The lowest BCUT2D eigenvalue weighted by molar-refractivity contribution is -0.121. The van der Waals surface area contributed by atoms with Crippen LogP contribution in [0.4, 0.5) is 0 Å². The Labute approximate surface area is 121 Å². The molecule has 4 heteroatoms. The Morgan fingerprint density at radius 3 is 2.50 bits per heavy atom. The minimum atomic E-state index is -0.00565. The van der Waals surface area contributed by atoms with Gasteiger partial charge in [0.25, 0.3) is 0 Å². The molecule has 110 valence electrons. The molecule has 1 N–H and O–H groups in total. The van der Waals surface area contributed by atoms with Crippen molar-refractivity contribution in [2.75, 3.05) is 0 Å². The highest BCUT2D eigenvalue weighted by atomic mass is 16.2. The Bertz CT molecular complexity index is 415. The van der Waals surface area contributed by atoms with Crippen LogP contribution in [0.1, 0.15) is 64.4 Å². The third-order valence-corrected chi connectivity index (χ3v) is 3.20. The van der Waals surface area contributed by atoms with Gasteiger partial charge in [0.15, 0.2) is 0 Å².